The van der Waals surface area contributed by atoms with E-state index in [0.29, 0.717) is 23.8 Å². The van der Waals surface area contributed by atoms with Gasteiger partial charge in [-0.2, -0.15) is 0 Å². The third-order valence-electron chi connectivity index (χ3n) is 2.70. The Kier molecular flexibility index (Phi) is 5.26. The van der Waals surface area contributed by atoms with E-state index >= 15 is 0 Å². The predicted octanol–water partition coefficient (Wildman–Crippen LogP) is 3.08. The van der Waals surface area contributed by atoms with Gasteiger partial charge in [0.15, 0.2) is 0 Å². The van der Waals surface area contributed by atoms with Crippen LogP contribution in [0.4, 0.5) is 10.1 Å². The summed E-state index contributed by atoms with van der Waals surface area (Å²) in [6.45, 7) is 4.84. The Morgan fingerprint density at radius 3 is 2.88 bits per heavy atom. The van der Waals surface area contributed by atoms with E-state index in [1.54, 1.807) is 12.1 Å². The molecule has 1 unspecified atom stereocenters. The van der Waals surface area contributed by atoms with E-state index in [9.17, 15) is 4.39 Å². The number of halogens is 1. The summed E-state index contributed by atoms with van der Waals surface area (Å²) in [5.74, 6) is -0.190. The maximum Gasteiger partial charge on any atom is 0.127 e. The van der Waals surface area contributed by atoms with Crippen LogP contribution in [0.15, 0.2) is 18.2 Å². The van der Waals surface area contributed by atoms with E-state index in [1.165, 1.54) is 18.9 Å². The van der Waals surface area contributed by atoms with Gasteiger partial charge in [-0.05, 0) is 31.5 Å². The summed E-state index contributed by atoms with van der Waals surface area (Å²) >= 11 is 0. The Hall–Kier alpha value is -1.09. The number of hydrogen-bond acceptors (Lipinski definition) is 2. The molecule has 16 heavy (non-hydrogen) atoms. The van der Waals surface area contributed by atoms with Crippen LogP contribution in [0, 0.1) is 5.82 Å². The molecule has 2 nitrogen and oxygen atoms in total. The van der Waals surface area contributed by atoms with Gasteiger partial charge in [-0.25, -0.2) is 4.39 Å². The Morgan fingerprint density at radius 1 is 1.44 bits per heavy atom. The van der Waals surface area contributed by atoms with E-state index < -0.39 is 0 Å². The zero-order chi connectivity index (χ0) is 12.0. The van der Waals surface area contributed by atoms with Gasteiger partial charge >= 0.3 is 0 Å². The molecular formula is C13H21FN2. The Balaban J connectivity index is 2.44. The minimum absolute atomic E-state index is 0.190. The molecule has 0 bridgehead atoms. The number of hydrogen-bond donors (Lipinski definition) is 2. The lowest BCUT2D eigenvalue weighted by atomic mass is 10.1. The fourth-order valence-electron chi connectivity index (χ4n) is 1.63. The van der Waals surface area contributed by atoms with Crippen molar-refractivity contribution < 1.29 is 4.39 Å². The van der Waals surface area contributed by atoms with Gasteiger partial charge in [0.2, 0.25) is 0 Å². The van der Waals surface area contributed by atoms with Gasteiger partial charge in [0.1, 0.15) is 5.82 Å². The molecule has 3 heteroatoms. The second-order valence-corrected chi connectivity index (χ2v) is 4.28. The van der Waals surface area contributed by atoms with Crippen LogP contribution in [0.25, 0.3) is 0 Å². The van der Waals surface area contributed by atoms with E-state index in [1.807, 2.05) is 0 Å². The van der Waals surface area contributed by atoms with Crippen molar-refractivity contribution in [2.45, 2.75) is 45.7 Å². The highest BCUT2D eigenvalue weighted by molar-refractivity contribution is 5.41. The molecule has 0 spiro atoms. The summed E-state index contributed by atoms with van der Waals surface area (Å²) < 4.78 is 13.4. The Bertz CT molecular complexity index is 326. The first-order valence-corrected chi connectivity index (χ1v) is 5.90. The third kappa shape index (κ3) is 4.19. The first-order chi connectivity index (χ1) is 7.63. The second-order valence-electron chi connectivity index (χ2n) is 4.28. The molecule has 0 amide bonds. The monoisotopic (exact) mass is 224 g/mol. The van der Waals surface area contributed by atoms with E-state index in [-0.39, 0.29) is 5.82 Å². The largest absolute Gasteiger partial charge is 0.399 e. The summed E-state index contributed by atoms with van der Waals surface area (Å²) in [6, 6.07) is 5.11. The van der Waals surface area contributed by atoms with Crippen molar-refractivity contribution >= 4 is 5.69 Å². The minimum atomic E-state index is -0.190. The lowest BCUT2D eigenvalue weighted by Gasteiger charge is -2.13. The van der Waals surface area contributed by atoms with Crippen LogP contribution in [0.2, 0.25) is 0 Å². The third-order valence-corrected chi connectivity index (χ3v) is 2.70. The lowest BCUT2D eigenvalue weighted by Crippen LogP contribution is -2.25. The molecule has 0 saturated carbocycles. The molecule has 0 heterocycles. The van der Waals surface area contributed by atoms with Crippen molar-refractivity contribution in [1.29, 1.82) is 0 Å². The molecule has 1 rings (SSSR count). The highest BCUT2D eigenvalue weighted by Crippen LogP contribution is 2.12. The molecule has 0 aromatic heterocycles. The standard InChI is InChI=1S/C13H21FN2/c1-3-4-5-10(2)16-9-11-8-12(15)6-7-13(11)14/h6-8,10,16H,3-5,9,15H2,1-2H3. The minimum Gasteiger partial charge on any atom is -0.399 e. The zero-order valence-electron chi connectivity index (χ0n) is 10.1. The fourth-order valence-corrected chi connectivity index (χ4v) is 1.63. The van der Waals surface area contributed by atoms with Gasteiger partial charge in [-0.1, -0.05) is 19.8 Å². The number of nitrogens with one attached hydrogen (secondary N) is 1. The van der Waals surface area contributed by atoms with Crippen molar-refractivity contribution in [1.82, 2.24) is 5.32 Å². The highest BCUT2D eigenvalue weighted by atomic mass is 19.1. The lowest BCUT2D eigenvalue weighted by molar-refractivity contribution is 0.485. The number of benzene rings is 1. The summed E-state index contributed by atoms with van der Waals surface area (Å²) in [6.07, 6.45) is 3.52. The topological polar surface area (TPSA) is 38.0 Å². The fraction of sp³-hybridized carbons (Fsp3) is 0.538. The van der Waals surface area contributed by atoms with E-state index in [4.69, 9.17) is 5.73 Å². The first-order valence-electron chi connectivity index (χ1n) is 5.90. The SMILES string of the molecule is CCCCC(C)NCc1cc(N)ccc1F. The molecule has 0 aliphatic carbocycles. The summed E-state index contributed by atoms with van der Waals surface area (Å²) in [5.41, 5.74) is 6.87. The number of rotatable bonds is 6. The molecule has 0 saturated heterocycles. The maximum atomic E-state index is 13.4. The van der Waals surface area contributed by atoms with Crippen molar-refractivity contribution in [2.75, 3.05) is 5.73 Å². The van der Waals surface area contributed by atoms with Crippen LogP contribution >= 0.6 is 0 Å². The van der Waals surface area contributed by atoms with E-state index in [0.717, 1.165) is 6.42 Å². The average molecular weight is 224 g/mol. The molecule has 90 valence electrons. The summed E-state index contributed by atoms with van der Waals surface area (Å²) in [5, 5.41) is 3.31. The van der Waals surface area contributed by atoms with Gasteiger partial charge < -0.3 is 11.1 Å². The number of anilines is 1. The van der Waals surface area contributed by atoms with E-state index in [2.05, 4.69) is 19.2 Å². The van der Waals surface area contributed by atoms with Crippen molar-refractivity contribution in [2.24, 2.45) is 0 Å². The van der Waals surface area contributed by atoms with Crippen molar-refractivity contribution in [3.8, 4) is 0 Å². The van der Waals surface area contributed by atoms with Crippen LogP contribution in [0.1, 0.15) is 38.7 Å². The van der Waals surface area contributed by atoms with Crippen LogP contribution in [0.3, 0.4) is 0 Å². The van der Waals surface area contributed by atoms with Crippen molar-refractivity contribution in [3.05, 3.63) is 29.6 Å². The normalized spacial score (nSPS) is 12.7. The van der Waals surface area contributed by atoms with Crippen LogP contribution in [0.5, 0.6) is 0 Å². The number of unbranched alkanes of at least 4 members (excludes halogenated alkanes) is 1. The van der Waals surface area contributed by atoms with Gasteiger partial charge in [-0.15, -0.1) is 0 Å². The number of nitrogen functional groups attached to an aromatic ring is 1. The van der Waals surface area contributed by atoms with Crippen LogP contribution < -0.4 is 11.1 Å². The smallest absolute Gasteiger partial charge is 0.127 e. The summed E-state index contributed by atoms with van der Waals surface area (Å²) in [4.78, 5) is 0. The molecule has 0 aliphatic heterocycles. The first kappa shape index (κ1) is 13.0. The number of nitrogens with two attached hydrogens (primary N) is 1. The second kappa shape index (κ2) is 6.48. The zero-order valence-corrected chi connectivity index (χ0v) is 10.1. The highest BCUT2D eigenvalue weighted by Gasteiger charge is 2.05. The summed E-state index contributed by atoms with van der Waals surface area (Å²) in [7, 11) is 0. The maximum absolute atomic E-state index is 13.4. The molecule has 3 N–H and O–H groups in total. The van der Waals surface area contributed by atoms with Crippen molar-refractivity contribution in [3.63, 3.8) is 0 Å². The van der Waals surface area contributed by atoms with Gasteiger partial charge in [0, 0.05) is 23.8 Å². The molecular weight excluding hydrogens is 203 g/mol. The Labute approximate surface area is 97.0 Å². The van der Waals surface area contributed by atoms with Gasteiger partial charge in [-0.3, -0.25) is 0 Å². The van der Waals surface area contributed by atoms with Gasteiger partial charge in [0.25, 0.3) is 0 Å². The molecule has 0 radical (unpaired) electrons. The quantitative estimate of drug-likeness (QED) is 0.729. The Morgan fingerprint density at radius 2 is 2.19 bits per heavy atom. The average Bonchev–Trinajstić information content (AvgIpc) is 2.27. The molecule has 1 aromatic carbocycles. The molecule has 1 aromatic rings. The predicted molar refractivity (Wildman–Crippen MR) is 66.6 cm³/mol. The molecule has 0 aliphatic rings. The van der Waals surface area contributed by atoms with Gasteiger partial charge in [0.05, 0.1) is 0 Å². The molecule has 1 atom stereocenters. The van der Waals surface area contributed by atoms with Crippen LogP contribution in [-0.2, 0) is 6.54 Å². The van der Waals surface area contributed by atoms with Crippen LogP contribution in [-0.4, -0.2) is 6.04 Å². The molecule has 0 fully saturated rings.